The van der Waals surface area contributed by atoms with Gasteiger partial charge in [-0.1, -0.05) is 15.9 Å². The third-order valence-electron chi connectivity index (χ3n) is 2.91. The normalized spacial score (nSPS) is 11.2. The molecule has 3 N–H and O–H groups in total. The number of hydrogen-bond donors (Lipinski definition) is 2. The number of H-pyrrole nitrogens is 1. The zero-order valence-electron chi connectivity index (χ0n) is 10.2. The van der Waals surface area contributed by atoms with Crippen LogP contribution in [0.25, 0.3) is 11.0 Å². The number of aryl methyl sites for hydroxylation is 2. The summed E-state index contributed by atoms with van der Waals surface area (Å²) in [5.74, 6) is 1.02. The van der Waals surface area contributed by atoms with Crippen molar-refractivity contribution in [3.63, 3.8) is 0 Å². The molecule has 3 rings (SSSR count). The standard InChI is InChI=1S/C13H13BrN4S/c14-8-4-5-10-11(6-8)18-12(17-10)3-1-2-9-7-19-13(15)16-9/h4-7H,1-3H2,(H2,15,16)(H,17,18). The molecule has 2 aromatic heterocycles. The molecule has 0 saturated heterocycles. The number of nitrogens with zero attached hydrogens (tertiary/aromatic N) is 2. The Morgan fingerprint density at radius 1 is 1.26 bits per heavy atom. The molecule has 0 aliphatic heterocycles. The topological polar surface area (TPSA) is 67.6 Å². The zero-order chi connectivity index (χ0) is 13.2. The SMILES string of the molecule is Nc1nc(CCCc2nc3ccc(Br)cc3[nH]2)cs1. The van der Waals surface area contributed by atoms with E-state index in [-0.39, 0.29) is 0 Å². The number of nitrogen functional groups attached to an aromatic ring is 1. The van der Waals surface area contributed by atoms with Crippen molar-refractivity contribution in [3.8, 4) is 0 Å². The van der Waals surface area contributed by atoms with Crippen molar-refractivity contribution in [1.29, 1.82) is 0 Å². The molecule has 0 unspecified atom stereocenters. The molecule has 0 fully saturated rings. The van der Waals surface area contributed by atoms with E-state index in [4.69, 9.17) is 5.73 Å². The monoisotopic (exact) mass is 336 g/mol. The van der Waals surface area contributed by atoms with Crippen molar-refractivity contribution in [2.24, 2.45) is 0 Å². The summed E-state index contributed by atoms with van der Waals surface area (Å²) in [5, 5.41) is 2.66. The molecule has 1 aromatic carbocycles. The van der Waals surface area contributed by atoms with E-state index in [0.717, 1.165) is 46.3 Å². The molecule has 0 bridgehead atoms. The van der Waals surface area contributed by atoms with Gasteiger partial charge in [0.15, 0.2) is 5.13 Å². The molecule has 3 aromatic rings. The molecule has 0 atom stereocenters. The van der Waals surface area contributed by atoms with Crippen LogP contribution in [-0.2, 0) is 12.8 Å². The van der Waals surface area contributed by atoms with Crippen LogP contribution in [0, 0.1) is 0 Å². The molecule has 0 aliphatic rings. The van der Waals surface area contributed by atoms with E-state index in [2.05, 4.69) is 30.9 Å². The first-order chi connectivity index (χ1) is 9.20. The van der Waals surface area contributed by atoms with E-state index in [1.165, 1.54) is 11.3 Å². The molecule has 0 radical (unpaired) electrons. The number of benzene rings is 1. The highest BCUT2D eigenvalue weighted by Gasteiger charge is 2.04. The maximum atomic E-state index is 5.61. The van der Waals surface area contributed by atoms with Gasteiger partial charge in [-0.25, -0.2) is 9.97 Å². The number of nitrogens with two attached hydrogens (primary N) is 1. The fraction of sp³-hybridized carbons (Fsp3) is 0.231. The van der Waals surface area contributed by atoms with Crippen molar-refractivity contribution in [3.05, 3.63) is 39.6 Å². The Hall–Kier alpha value is -1.40. The van der Waals surface area contributed by atoms with Crippen LogP contribution in [0.1, 0.15) is 17.9 Å². The number of imidazole rings is 1. The van der Waals surface area contributed by atoms with Crippen molar-refractivity contribution in [1.82, 2.24) is 15.0 Å². The van der Waals surface area contributed by atoms with Gasteiger partial charge in [-0.05, 0) is 31.0 Å². The number of nitrogens with one attached hydrogen (secondary N) is 1. The summed E-state index contributed by atoms with van der Waals surface area (Å²) in [6.07, 6.45) is 2.88. The van der Waals surface area contributed by atoms with Crippen molar-refractivity contribution in [2.75, 3.05) is 5.73 Å². The lowest BCUT2D eigenvalue weighted by Crippen LogP contribution is -1.93. The number of hydrogen-bond acceptors (Lipinski definition) is 4. The lowest BCUT2D eigenvalue weighted by atomic mass is 10.2. The summed E-state index contributed by atoms with van der Waals surface area (Å²) in [7, 11) is 0. The van der Waals surface area contributed by atoms with Gasteiger partial charge in [-0.3, -0.25) is 0 Å². The van der Waals surface area contributed by atoms with Crippen LogP contribution in [0.15, 0.2) is 28.1 Å². The third-order valence-corrected chi connectivity index (χ3v) is 4.12. The average molecular weight is 337 g/mol. The Balaban J connectivity index is 1.65. The predicted octanol–water partition coefficient (Wildman–Crippen LogP) is 3.54. The Morgan fingerprint density at radius 3 is 2.95 bits per heavy atom. The second-order valence-corrected chi connectivity index (χ2v) is 6.18. The van der Waals surface area contributed by atoms with Gasteiger partial charge in [0.2, 0.25) is 0 Å². The molecular weight excluding hydrogens is 324 g/mol. The Labute approximate surface area is 123 Å². The smallest absolute Gasteiger partial charge is 0.180 e. The first-order valence-electron chi connectivity index (χ1n) is 6.05. The lowest BCUT2D eigenvalue weighted by molar-refractivity contribution is 0.774. The summed E-state index contributed by atoms with van der Waals surface area (Å²) >= 11 is 4.95. The van der Waals surface area contributed by atoms with E-state index < -0.39 is 0 Å². The van der Waals surface area contributed by atoms with E-state index >= 15 is 0 Å². The van der Waals surface area contributed by atoms with Gasteiger partial charge >= 0.3 is 0 Å². The predicted molar refractivity (Wildman–Crippen MR) is 82.3 cm³/mol. The summed E-state index contributed by atoms with van der Waals surface area (Å²) in [6, 6.07) is 6.07. The highest BCUT2D eigenvalue weighted by Crippen LogP contribution is 2.19. The quantitative estimate of drug-likeness (QED) is 0.765. The molecule has 6 heteroatoms. The summed E-state index contributed by atoms with van der Waals surface area (Å²) < 4.78 is 1.06. The first kappa shape index (κ1) is 12.6. The number of anilines is 1. The number of rotatable bonds is 4. The van der Waals surface area contributed by atoms with E-state index in [0.29, 0.717) is 5.13 Å². The maximum absolute atomic E-state index is 5.61. The van der Waals surface area contributed by atoms with Crippen LogP contribution < -0.4 is 5.73 Å². The van der Waals surface area contributed by atoms with Crippen LogP contribution in [0.5, 0.6) is 0 Å². The Morgan fingerprint density at radius 2 is 2.16 bits per heavy atom. The number of fused-ring (bicyclic) bond motifs is 1. The Kier molecular flexibility index (Phi) is 3.52. The molecule has 2 heterocycles. The van der Waals surface area contributed by atoms with E-state index in [1.807, 2.05) is 23.6 Å². The van der Waals surface area contributed by atoms with Crippen LogP contribution in [0.3, 0.4) is 0 Å². The fourth-order valence-electron chi connectivity index (χ4n) is 2.03. The molecule has 98 valence electrons. The molecule has 0 saturated carbocycles. The van der Waals surface area contributed by atoms with Crippen LogP contribution in [0.2, 0.25) is 0 Å². The lowest BCUT2D eigenvalue weighted by Gasteiger charge is -1.95. The average Bonchev–Trinajstić information content (AvgIpc) is 2.95. The third kappa shape index (κ3) is 2.96. The molecule has 0 amide bonds. The first-order valence-corrected chi connectivity index (χ1v) is 7.72. The van der Waals surface area contributed by atoms with Gasteiger partial charge in [0.1, 0.15) is 5.82 Å². The van der Waals surface area contributed by atoms with Crippen LogP contribution >= 0.6 is 27.3 Å². The fourth-order valence-corrected chi connectivity index (χ4v) is 2.99. The second kappa shape index (κ2) is 5.30. The minimum Gasteiger partial charge on any atom is -0.375 e. The van der Waals surface area contributed by atoms with Gasteiger partial charge in [0.25, 0.3) is 0 Å². The zero-order valence-corrected chi connectivity index (χ0v) is 12.6. The minimum atomic E-state index is 0.642. The Bertz CT molecular complexity index is 704. The van der Waals surface area contributed by atoms with Gasteiger partial charge in [0, 0.05) is 16.3 Å². The second-order valence-electron chi connectivity index (χ2n) is 4.38. The van der Waals surface area contributed by atoms with Crippen molar-refractivity contribution < 1.29 is 0 Å². The van der Waals surface area contributed by atoms with Crippen molar-refractivity contribution >= 4 is 43.4 Å². The number of aromatic nitrogens is 3. The highest BCUT2D eigenvalue weighted by molar-refractivity contribution is 9.10. The van der Waals surface area contributed by atoms with Crippen LogP contribution in [-0.4, -0.2) is 15.0 Å². The minimum absolute atomic E-state index is 0.642. The molecule has 19 heavy (non-hydrogen) atoms. The van der Waals surface area contributed by atoms with Gasteiger partial charge in [-0.2, -0.15) is 0 Å². The summed E-state index contributed by atoms with van der Waals surface area (Å²) in [4.78, 5) is 12.2. The number of thiazole rings is 1. The largest absolute Gasteiger partial charge is 0.375 e. The molecular formula is C13H13BrN4S. The van der Waals surface area contributed by atoms with E-state index in [9.17, 15) is 0 Å². The van der Waals surface area contributed by atoms with Crippen molar-refractivity contribution in [2.45, 2.75) is 19.3 Å². The maximum Gasteiger partial charge on any atom is 0.180 e. The van der Waals surface area contributed by atoms with Gasteiger partial charge in [-0.15, -0.1) is 11.3 Å². The van der Waals surface area contributed by atoms with Gasteiger partial charge in [0.05, 0.1) is 16.7 Å². The van der Waals surface area contributed by atoms with E-state index in [1.54, 1.807) is 0 Å². The molecule has 0 spiro atoms. The summed E-state index contributed by atoms with van der Waals surface area (Å²) in [5.41, 5.74) is 8.76. The number of halogens is 1. The van der Waals surface area contributed by atoms with Gasteiger partial charge < -0.3 is 10.7 Å². The van der Waals surface area contributed by atoms with Crippen LogP contribution in [0.4, 0.5) is 5.13 Å². The highest BCUT2D eigenvalue weighted by atomic mass is 79.9. The number of aromatic amines is 1. The summed E-state index contributed by atoms with van der Waals surface area (Å²) in [6.45, 7) is 0. The molecule has 0 aliphatic carbocycles. The molecule has 4 nitrogen and oxygen atoms in total.